The number of hydrogen-bond acceptors (Lipinski definition) is 6. The van der Waals surface area contributed by atoms with Crippen molar-refractivity contribution in [2.45, 2.75) is 25.8 Å². The van der Waals surface area contributed by atoms with Crippen LogP contribution in [-0.4, -0.2) is 64.4 Å². The lowest BCUT2D eigenvalue weighted by Crippen LogP contribution is -2.52. The van der Waals surface area contributed by atoms with Gasteiger partial charge in [-0.25, -0.2) is 8.42 Å². The van der Waals surface area contributed by atoms with Gasteiger partial charge in [0.2, 0.25) is 28.6 Å². The molecule has 1 unspecified atom stereocenters. The maximum absolute atomic E-state index is 13.4. The number of carbonyl (C=O) groups excluding carboxylic acids is 2. The minimum absolute atomic E-state index is 0.0498. The molecule has 0 fully saturated rings. The molecular formula is C23H29N3O6S. The van der Waals surface area contributed by atoms with E-state index >= 15 is 0 Å². The Morgan fingerprint density at radius 3 is 2.42 bits per heavy atom. The van der Waals surface area contributed by atoms with E-state index in [1.54, 1.807) is 12.1 Å². The number of rotatable bonds is 10. The third-order valence-electron chi connectivity index (χ3n) is 5.44. The van der Waals surface area contributed by atoms with Gasteiger partial charge in [-0.1, -0.05) is 37.3 Å². The largest absolute Gasteiger partial charge is 0.454 e. The number of hydrogen-bond donors (Lipinski definition) is 1. The molecule has 1 atom stereocenters. The molecule has 2 aromatic carbocycles. The van der Waals surface area contributed by atoms with E-state index in [1.165, 1.54) is 18.0 Å². The zero-order valence-electron chi connectivity index (χ0n) is 19.0. The molecule has 0 bridgehead atoms. The zero-order valence-corrected chi connectivity index (χ0v) is 19.8. The summed E-state index contributed by atoms with van der Waals surface area (Å²) < 4.78 is 36.9. The first-order chi connectivity index (χ1) is 15.7. The Hall–Kier alpha value is -3.27. The van der Waals surface area contributed by atoms with E-state index < -0.39 is 28.5 Å². The van der Waals surface area contributed by atoms with Crippen molar-refractivity contribution >= 4 is 27.5 Å². The second-order valence-corrected chi connectivity index (χ2v) is 9.58. The van der Waals surface area contributed by atoms with Crippen LogP contribution < -0.4 is 19.1 Å². The maximum atomic E-state index is 13.4. The summed E-state index contributed by atoms with van der Waals surface area (Å²) >= 11 is 0. The lowest BCUT2D eigenvalue weighted by molar-refractivity contribution is -0.139. The molecule has 0 saturated carbocycles. The first-order valence-corrected chi connectivity index (χ1v) is 12.5. The quantitative estimate of drug-likeness (QED) is 0.562. The molecule has 0 aromatic heterocycles. The number of nitrogens with zero attached hydrogens (tertiary/aromatic N) is 2. The molecule has 1 N–H and O–H groups in total. The molecule has 0 saturated heterocycles. The van der Waals surface area contributed by atoms with Gasteiger partial charge in [-0.3, -0.25) is 13.9 Å². The first-order valence-electron chi connectivity index (χ1n) is 10.7. The highest BCUT2D eigenvalue weighted by Gasteiger charge is 2.31. The van der Waals surface area contributed by atoms with Crippen molar-refractivity contribution in [2.75, 3.05) is 37.5 Å². The predicted molar refractivity (Wildman–Crippen MR) is 125 cm³/mol. The molecule has 1 heterocycles. The van der Waals surface area contributed by atoms with Gasteiger partial charge in [0.05, 0.1) is 11.9 Å². The van der Waals surface area contributed by atoms with E-state index in [0.29, 0.717) is 24.3 Å². The van der Waals surface area contributed by atoms with Gasteiger partial charge in [0, 0.05) is 19.7 Å². The van der Waals surface area contributed by atoms with Crippen LogP contribution in [0.25, 0.3) is 0 Å². The Bertz CT molecular complexity index is 1090. The molecule has 33 heavy (non-hydrogen) atoms. The number of likely N-dealkylation sites (N-methyl/N-ethyl adjacent to an activating group) is 1. The summed E-state index contributed by atoms with van der Waals surface area (Å²) in [5.74, 6) is 0.150. The number of anilines is 1. The number of carbonyl (C=O) groups is 2. The van der Waals surface area contributed by atoms with Crippen molar-refractivity contribution < 1.29 is 27.5 Å². The monoisotopic (exact) mass is 475 g/mol. The Morgan fingerprint density at radius 2 is 1.79 bits per heavy atom. The van der Waals surface area contributed by atoms with Crippen LogP contribution in [0.15, 0.2) is 48.5 Å². The van der Waals surface area contributed by atoms with E-state index in [4.69, 9.17) is 9.47 Å². The SMILES string of the molecule is CCC(C(=O)NC)N(CCc1ccccc1)C(=O)CN(c1ccc2c(c1)OCO2)S(C)(=O)=O. The lowest BCUT2D eigenvalue weighted by Gasteiger charge is -2.32. The smallest absolute Gasteiger partial charge is 0.244 e. The number of benzene rings is 2. The number of sulfonamides is 1. The molecule has 3 rings (SSSR count). The number of nitrogens with one attached hydrogen (secondary N) is 1. The molecule has 9 nitrogen and oxygen atoms in total. The Kier molecular flexibility index (Phi) is 7.80. The summed E-state index contributed by atoms with van der Waals surface area (Å²) in [5, 5.41) is 2.60. The molecule has 10 heteroatoms. The molecular weight excluding hydrogens is 446 g/mol. The summed E-state index contributed by atoms with van der Waals surface area (Å²) in [6.07, 6.45) is 1.96. The maximum Gasteiger partial charge on any atom is 0.244 e. The normalized spacial score (nSPS) is 13.3. The fourth-order valence-electron chi connectivity index (χ4n) is 3.72. The highest BCUT2D eigenvalue weighted by atomic mass is 32.2. The highest BCUT2D eigenvalue weighted by Crippen LogP contribution is 2.36. The summed E-state index contributed by atoms with van der Waals surface area (Å²) in [4.78, 5) is 27.4. The highest BCUT2D eigenvalue weighted by molar-refractivity contribution is 7.92. The Labute approximate surface area is 194 Å². The minimum Gasteiger partial charge on any atom is -0.454 e. The Balaban J connectivity index is 1.88. The van der Waals surface area contributed by atoms with Gasteiger partial charge in [-0.2, -0.15) is 0 Å². The molecule has 2 aromatic rings. The zero-order chi connectivity index (χ0) is 24.0. The van der Waals surface area contributed by atoms with Crippen molar-refractivity contribution in [1.29, 1.82) is 0 Å². The summed E-state index contributed by atoms with van der Waals surface area (Å²) in [5.41, 5.74) is 1.30. The number of fused-ring (bicyclic) bond motifs is 1. The van der Waals surface area contributed by atoms with Crippen LogP contribution in [0, 0.1) is 0 Å². The van der Waals surface area contributed by atoms with E-state index in [1.807, 2.05) is 37.3 Å². The van der Waals surface area contributed by atoms with Gasteiger partial charge in [0.1, 0.15) is 12.6 Å². The van der Waals surface area contributed by atoms with Gasteiger partial charge < -0.3 is 19.7 Å². The van der Waals surface area contributed by atoms with Crippen molar-refractivity contribution in [3.63, 3.8) is 0 Å². The van der Waals surface area contributed by atoms with Crippen LogP contribution in [0.1, 0.15) is 18.9 Å². The number of ether oxygens (including phenoxy) is 2. The minimum atomic E-state index is -3.80. The summed E-state index contributed by atoms with van der Waals surface area (Å²) in [6, 6.07) is 13.6. The lowest BCUT2D eigenvalue weighted by atomic mass is 10.1. The van der Waals surface area contributed by atoms with Crippen molar-refractivity contribution in [3.8, 4) is 11.5 Å². The van der Waals surface area contributed by atoms with Crippen LogP contribution in [0.4, 0.5) is 5.69 Å². The second kappa shape index (κ2) is 10.6. The van der Waals surface area contributed by atoms with Gasteiger partial charge >= 0.3 is 0 Å². The second-order valence-electron chi connectivity index (χ2n) is 7.67. The fourth-order valence-corrected chi connectivity index (χ4v) is 4.56. The van der Waals surface area contributed by atoms with Crippen LogP contribution in [0.2, 0.25) is 0 Å². The van der Waals surface area contributed by atoms with Gasteiger partial charge in [-0.05, 0) is 30.5 Å². The van der Waals surface area contributed by atoms with Crippen LogP contribution in [-0.2, 0) is 26.0 Å². The molecule has 1 aliphatic heterocycles. The summed E-state index contributed by atoms with van der Waals surface area (Å²) in [7, 11) is -2.29. The number of amides is 2. The molecule has 178 valence electrons. The van der Waals surface area contributed by atoms with Crippen LogP contribution in [0.5, 0.6) is 11.5 Å². The van der Waals surface area contributed by atoms with E-state index in [0.717, 1.165) is 16.1 Å². The fraction of sp³-hybridized carbons (Fsp3) is 0.391. The molecule has 0 aliphatic carbocycles. The van der Waals surface area contributed by atoms with E-state index in [9.17, 15) is 18.0 Å². The third-order valence-corrected chi connectivity index (χ3v) is 6.58. The predicted octanol–water partition coefficient (Wildman–Crippen LogP) is 1.78. The summed E-state index contributed by atoms with van der Waals surface area (Å²) in [6.45, 7) is 1.69. The topological polar surface area (TPSA) is 105 Å². The van der Waals surface area contributed by atoms with E-state index in [-0.39, 0.29) is 24.9 Å². The van der Waals surface area contributed by atoms with Gasteiger partial charge in [0.15, 0.2) is 11.5 Å². The van der Waals surface area contributed by atoms with Crippen molar-refractivity contribution in [1.82, 2.24) is 10.2 Å². The first kappa shape index (κ1) is 24.4. The average Bonchev–Trinajstić information content (AvgIpc) is 3.27. The van der Waals surface area contributed by atoms with Gasteiger partial charge in [-0.15, -0.1) is 0 Å². The van der Waals surface area contributed by atoms with Crippen LogP contribution >= 0.6 is 0 Å². The van der Waals surface area contributed by atoms with Crippen LogP contribution in [0.3, 0.4) is 0 Å². The molecule has 0 radical (unpaired) electrons. The van der Waals surface area contributed by atoms with E-state index in [2.05, 4.69) is 5.32 Å². The Morgan fingerprint density at radius 1 is 1.09 bits per heavy atom. The van der Waals surface area contributed by atoms with Gasteiger partial charge in [0.25, 0.3) is 0 Å². The van der Waals surface area contributed by atoms with Crippen molar-refractivity contribution in [2.24, 2.45) is 0 Å². The molecule has 0 spiro atoms. The molecule has 2 amide bonds. The van der Waals surface area contributed by atoms with Crippen molar-refractivity contribution in [3.05, 3.63) is 54.1 Å². The molecule has 1 aliphatic rings. The average molecular weight is 476 g/mol. The standard InChI is InChI=1S/C23H29N3O6S/c1-4-19(23(28)24-2)25(13-12-17-8-6-5-7-9-17)22(27)15-26(33(3,29)30)18-10-11-20-21(14-18)32-16-31-20/h5-11,14,19H,4,12-13,15-16H2,1-3H3,(H,24,28). The third kappa shape index (κ3) is 5.95.